The average molecular weight is 700 g/mol. The molecule has 4 aromatic rings. The van der Waals surface area contributed by atoms with E-state index in [1.54, 1.807) is 42.5 Å². The van der Waals surface area contributed by atoms with E-state index in [-0.39, 0.29) is 24.7 Å². The molecule has 3 N–H and O–H groups in total. The van der Waals surface area contributed by atoms with Crippen molar-refractivity contribution in [1.29, 1.82) is 0 Å². The Hall–Kier alpha value is -5.98. The molecule has 0 spiro atoms. The average Bonchev–Trinajstić information content (AvgIpc) is 3.53. The van der Waals surface area contributed by atoms with Crippen LogP contribution in [0.3, 0.4) is 0 Å². The number of carbonyl (C=O) groups excluding carboxylic acids is 4. The van der Waals surface area contributed by atoms with Gasteiger partial charge in [0.25, 0.3) is 11.8 Å². The molecule has 51 heavy (non-hydrogen) atoms. The van der Waals surface area contributed by atoms with Crippen molar-refractivity contribution in [1.82, 2.24) is 10.6 Å². The highest BCUT2D eigenvalue weighted by atomic mass is 19.1. The molecule has 0 fully saturated rings. The fraction of sp³-hybridized carbons (Fsp3) is 0.263. The fourth-order valence-electron chi connectivity index (χ4n) is 5.88. The molecule has 1 aliphatic rings. The largest absolute Gasteiger partial charge is 0.481 e. The van der Waals surface area contributed by atoms with Crippen molar-refractivity contribution < 1.29 is 47.4 Å². The Bertz CT molecular complexity index is 1980. The Morgan fingerprint density at radius 1 is 0.882 bits per heavy atom. The van der Waals surface area contributed by atoms with E-state index >= 15 is 0 Å². The SMILES string of the molecule is CC(C)[C@H](NC(=O)c1cccc2ccccc12)C1=NOC(Cc2ccccc2)(C(=O)N[C@@H](CC(=O)O)C(=O)COC(=O)c2c(F)cccc2F)C1. The number of benzene rings is 4. The second kappa shape index (κ2) is 15.7. The Balaban J connectivity index is 1.36. The Kier molecular flexibility index (Phi) is 11.2. The number of rotatable bonds is 14. The zero-order chi connectivity index (χ0) is 36.7. The summed E-state index contributed by atoms with van der Waals surface area (Å²) in [5, 5.41) is 20.9. The zero-order valence-electron chi connectivity index (χ0n) is 27.7. The highest BCUT2D eigenvalue weighted by Gasteiger charge is 2.49. The number of carboxylic acids is 1. The Morgan fingerprint density at radius 2 is 1.53 bits per heavy atom. The first-order valence-electron chi connectivity index (χ1n) is 16.1. The first-order valence-corrected chi connectivity index (χ1v) is 16.1. The van der Waals surface area contributed by atoms with Crippen LogP contribution >= 0.6 is 0 Å². The van der Waals surface area contributed by atoms with Crippen LogP contribution in [0.1, 0.15) is 53.0 Å². The topological polar surface area (TPSA) is 160 Å². The molecule has 0 aliphatic carbocycles. The van der Waals surface area contributed by atoms with Crippen molar-refractivity contribution in [2.45, 2.75) is 50.8 Å². The minimum absolute atomic E-state index is 0.0513. The first kappa shape index (κ1) is 36.3. The van der Waals surface area contributed by atoms with Crippen molar-refractivity contribution >= 4 is 46.0 Å². The lowest BCUT2D eigenvalue weighted by Gasteiger charge is -2.29. The summed E-state index contributed by atoms with van der Waals surface area (Å²) < 4.78 is 33.0. The van der Waals surface area contributed by atoms with Crippen molar-refractivity contribution in [3.63, 3.8) is 0 Å². The van der Waals surface area contributed by atoms with Gasteiger partial charge in [-0.3, -0.25) is 19.2 Å². The molecule has 0 saturated carbocycles. The molecule has 3 atom stereocenters. The predicted octanol–water partition coefficient (Wildman–Crippen LogP) is 5.02. The number of Topliss-reactive ketones (excluding diaryl/α,β-unsaturated/α-hetero) is 1. The number of carbonyl (C=O) groups is 5. The van der Waals surface area contributed by atoms with Crippen LogP contribution in [0.5, 0.6) is 0 Å². The summed E-state index contributed by atoms with van der Waals surface area (Å²) in [4.78, 5) is 70.9. The van der Waals surface area contributed by atoms with Crippen molar-refractivity contribution in [3.05, 3.63) is 119 Å². The summed E-state index contributed by atoms with van der Waals surface area (Å²) >= 11 is 0. The third kappa shape index (κ3) is 8.43. The summed E-state index contributed by atoms with van der Waals surface area (Å²) in [5.41, 5.74) is -1.36. The van der Waals surface area contributed by atoms with Crippen molar-refractivity contribution in [3.8, 4) is 0 Å². The molecule has 2 amide bonds. The number of hydrogen-bond acceptors (Lipinski definition) is 8. The lowest BCUT2D eigenvalue weighted by Crippen LogP contribution is -2.55. The number of ketones is 1. The number of oxime groups is 1. The van der Waals surface area contributed by atoms with Crippen LogP contribution in [0.4, 0.5) is 8.78 Å². The number of ether oxygens (including phenoxy) is 1. The van der Waals surface area contributed by atoms with Gasteiger partial charge < -0.3 is 25.3 Å². The smallest absolute Gasteiger partial charge is 0.344 e. The zero-order valence-corrected chi connectivity index (χ0v) is 27.7. The molecule has 5 rings (SSSR count). The summed E-state index contributed by atoms with van der Waals surface area (Å²) in [7, 11) is 0. The quantitative estimate of drug-likeness (QED) is 0.155. The van der Waals surface area contributed by atoms with E-state index in [2.05, 4.69) is 15.8 Å². The van der Waals surface area contributed by atoms with Gasteiger partial charge in [0.15, 0.2) is 12.4 Å². The summed E-state index contributed by atoms with van der Waals surface area (Å²) in [6.45, 7) is 2.64. The van der Waals surface area contributed by atoms with E-state index in [0.717, 1.165) is 29.0 Å². The number of fused-ring (bicyclic) bond motifs is 1. The van der Waals surface area contributed by atoms with Crippen LogP contribution in [-0.4, -0.2) is 64.6 Å². The molecule has 0 aromatic heterocycles. The van der Waals surface area contributed by atoms with Gasteiger partial charge in [0, 0.05) is 18.4 Å². The van der Waals surface area contributed by atoms with Gasteiger partial charge in [-0.2, -0.15) is 0 Å². The van der Waals surface area contributed by atoms with Gasteiger partial charge in [0.2, 0.25) is 5.60 Å². The number of carboxylic acid groups (broad SMARTS) is 1. The van der Waals surface area contributed by atoms with Crippen LogP contribution in [0, 0.1) is 17.6 Å². The van der Waals surface area contributed by atoms with Crippen LogP contribution in [0.2, 0.25) is 0 Å². The highest BCUT2D eigenvalue weighted by Crippen LogP contribution is 2.32. The molecule has 0 radical (unpaired) electrons. The van der Waals surface area contributed by atoms with Crippen molar-refractivity contribution in [2.75, 3.05) is 6.61 Å². The standard InChI is InChI=1S/C38H35F2N3O8/c1-22(2)34(42-35(47)26-15-8-13-24-12-6-7-14-25(24)26)30-20-38(51-43-30,19-23-10-4-3-5-11-23)37(49)41-29(18-32(45)46)31(44)21-50-36(48)33-27(39)16-9-17-28(33)40/h3-17,22,29,34H,18-21H2,1-2H3,(H,41,49)(H,42,47)(H,45,46)/t29-,34-,38?/m0/s1. The number of aliphatic carboxylic acids is 1. The number of nitrogens with zero attached hydrogens (tertiary/aromatic N) is 1. The third-order valence-corrected chi connectivity index (χ3v) is 8.48. The molecule has 1 aliphatic heterocycles. The third-order valence-electron chi connectivity index (χ3n) is 8.48. The van der Waals surface area contributed by atoms with E-state index in [0.29, 0.717) is 16.8 Å². The fourth-order valence-corrected chi connectivity index (χ4v) is 5.88. The molecule has 0 saturated heterocycles. The Morgan fingerprint density at radius 3 is 2.22 bits per heavy atom. The van der Waals surface area contributed by atoms with Crippen LogP contribution < -0.4 is 10.6 Å². The highest BCUT2D eigenvalue weighted by molar-refractivity contribution is 6.09. The molecule has 0 bridgehead atoms. The first-order chi connectivity index (χ1) is 24.4. The minimum atomic E-state index is -1.78. The summed E-state index contributed by atoms with van der Waals surface area (Å²) in [5.74, 6) is -7.89. The molecule has 264 valence electrons. The minimum Gasteiger partial charge on any atom is -0.481 e. The summed E-state index contributed by atoms with van der Waals surface area (Å²) in [6, 6.07) is 21.9. The van der Waals surface area contributed by atoms with E-state index in [1.807, 2.05) is 44.2 Å². The number of hydrogen-bond donors (Lipinski definition) is 3. The van der Waals surface area contributed by atoms with Gasteiger partial charge in [-0.1, -0.05) is 91.8 Å². The molecule has 13 heteroatoms. The number of esters is 1. The van der Waals surface area contributed by atoms with Crippen LogP contribution in [0.25, 0.3) is 10.8 Å². The second-order valence-corrected chi connectivity index (χ2v) is 12.5. The maximum absolute atomic E-state index is 14.1. The number of halogens is 2. The second-order valence-electron chi connectivity index (χ2n) is 12.5. The van der Waals surface area contributed by atoms with E-state index in [4.69, 9.17) is 9.57 Å². The summed E-state index contributed by atoms with van der Waals surface area (Å²) in [6.07, 6.45) is -1.09. The van der Waals surface area contributed by atoms with E-state index in [9.17, 15) is 37.9 Å². The lowest BCUT2D eigenvalue weighted by atomic mass is 9.84. The normalized spacial score (nSPS) is 16.5. The number of nitrogens with one attached hydrogen (secondary N) is 2. The van der Waals surface area contributed by atoms with E-state index in [1.165, 1.54) is 0 Å². The molecule has 1 heterocycles. The molecular formula is C38H35F2N3O8. The molecule has 1 unspecified atom stereocenters. The van der Waals surface area contributed by atoms with Gasteiger partial charge >= 0.3 is 11.9 Å². The molecular weight excluding hydrogens is 664 g/mol. The lowest BCUT2D eigenvalue weighted by molar-refractivity contribution is -0.148. The van der Waals surface area contributed by atoms with Gasteiger partial charge in [-0.15, -0.1) is 0 Å². The maximum Gasteiger partial charge on any atom is 0.344 e. The van der Waals surface area contributed by atoms with E-state index < -0.39 is 71.5 Å². The van der Waals surface area contributed by atoms with Crippen molar-refractivity contribution in [2.24, 2.45) is 11.1 Å². The Labute approximate surface area is 291 Å². The molecule has 4 aromatic carbocycles. The maximum atomic E-state index is 14.1. The van der Waals surface area contributed by atoms with Gasteiger partial charge in [0.1, 0.15) is 23.2 Å². The van der Waals surface area contributed by atoms with Crippen LogP contribution in [-0.2, 0) is 30.4 Å². The monoisotopic (exact) mass is 699 g/mol. The number of amides is 2. The molecule has 11 nitrogen and oxygen atoms in total. The van der Waals surface area contributed by atoms with Crippen LogP contribution in [0.15, 0.2) is 96.2 Å². The van der Waals surface area contributed by atoms with Gasteiger partial charge in [-0.05, 0) is 40.5 Å². The van der Waals surface area contributed by atoms with Gasteiger partial charge in [-0.25, -0.2) is 13.6 Å². The van der Waals surface area contributed by atoms with Gasteiger partial charge in [0.05, 0.1) is 18.2 Å². The predicted molar refractivity (Wildman–Crippen MR) is 182 cm³/mol.